The maximum absolute atomic E-state index is 12.7. The molecule has 0 spiro atoms. The summed E-state index contributed by atoms with van der Waals surface area (Å²) in [6.07, 6.45) is 5.72. The number of nitrogens with one attached hydrogen (secondary N) is 1. The predicted octanol–water partition coefficient (Wildman–Crippen LogP) is 3.07. The van der Waals surface area contributed by atoms with Gasteiger partial charge in [-0.1, -0.05) is 30.3 Å². The predicted molar refractivity (Wildman–Crippen MR) is 104 cm³/mol. The second-order valence-corrected chi connectivity index (χ2v) is 6.53. The summed E-state index contributed by atoms with van der Waals surface area (Å²) in [5.41, 5.74) is 2.29. The lowest BCUT2D eigenvalue weighted by molar-refractivity contribution is 0.0946. The van der Waals surface area contributed by atoms with Gasteiger partial charge in [-0.3, -0.25) is 9.78 Å². The Labute approximate surface area is 158 Å². The smallest absolute Gasteiger partial charge is 0.270 e. The number of carbonyl (C=O) groups excluding carboxylic acids is 1. The topological polar surface area (TPSA) is 71.0 Å². The number of rotatable bonds is 5. The Morgan fingerprint density at radius 3 is 2.48 bits per heavy atom. The Morgan fingerprint density at radius 1 is 1.00 bits per heavy atom. The first-order chi connectivity index (χ1) is 13.3. The van der Waals surface area contributed by atoms with E-state index in [0.29, 0.717) is 18.1 Å². The molecular weight excluding hydrogens is 338 g/mol. The van der Waals surface area contributed by atoms with Gasteiger partial charge in [0.15, 0.2) is 5.82 Å². The molecule has 1 saturated heterocycles. The maximum atomic E-state index is 12.7. The van der Waals surface area contributed by atoms with Crippen LogP contribution in [-0.2, 0) is 6.54 Å². The fraction of sp³-hybridized carbons (Fsp3) is 0.238. The Kier molecular flexibility index (Phi) is 5.05. The molecule has 0 saturated carbocycles. The van der Waals surface area contributed by atoms with E-state index in [0.717, 1.165) is 42.9 Å². The van der Waals surface area contributed by atoms with Crippen LogP contribution in [0.5, 0.6) is 0 Å². The minimum Gasteiger partial charge on any atom is -0.356 e. The molecular formula is C21H21N5O. The third-order valence-electron chi connectivity index (χ3n) is 4.61. The molecule has 1 aliphatic heterocycles. The molecule has 6 nitrogen and oxygen atoms in total. The number of hydrogen-bond donors (Lipinski definition) is 1. The summed E-state index contributed by atoms with van der Waals surface area (Å²) in [6, 6.07) is 15.3. The quantitative estimate of drug-likeness (QED) is 0.758. The number of anilines is 1. The van der Waals surface area contributed by atoms with Crippen LogP contribution in [0.25, 0.3) is 11.4 Å². The largest absolute Gasteiger partial charge is 0.356 e. The molecule has 1 aliphatic rings. The van der Waals surface area contributed by atoms with E-state index < -0.39 is 0 Å². The van der Waals surface area contributed by atoms with Crippen molar-refractivity contribution < 1.29 is 4.79 Å². The van der Waals surface area contributed by atoms with Crippen LogP contribution >= 0.6 is 0 Å². The van der Waals surface area contributed by atoms with Gasteiger partial charge in [-0.2, -0.15) is 0 Å². The number of nitrogens with zero attached hydrogens (tertiary/aromatic N) is 4. The van der Waals surface area contributed by atoms with Crippen LogP contribution in [0.1, 0.15) is 28.9 Å². The van der Waals surface area contributed by atoms with Crippen molar-refractivity contribution in [2.24, 2.45) is 0 Å². The normalized spacial score (nSPS) is 13.6. The highest BCUT2D eigenvalue weighted by molar-refractivity contribution is 5.93. The number of aromatic nitrogens is 3. The van der Waals surface area contributed by atoms with Crippen molar-refractivity contribution in [3.63, 3.8) is 0 Å². The highest BCUT2D eigenvalue weighted by Gasteiger charge is 2.19. The zero-order valence-corrected chi connectivity index (χ0v) is 15.0. The standard InChI is InChI=1S/C21H21N5O/c27-21(23-15-16-8-10-22-11-9-16)18-14-19(26-12-4-5-13-26)25-20(24-18)17-6-2-1-3-7-17/h1-3,6-11,14H,4-5,12-13,15H2,(H,23,27). The van der Waals surface area contributed by atoms with Crippen molar-refractivity contribution >= 4 is 11.7 Å². The fourth-order valence-corrected chi connectivity index (χ4v) is 3.15. The van der Waals surface area contributed by atoms with Gasteiger partial charge < -0.3 is 10.2 Å². The molecule has 0 unspecified atom stereocenters. The van der Waals surface area contributed by atoms with E-state index in [1.165, 1.54) is 0 Å². The summed E-state index contributed by atoms with van der Waals surface area (Å²) in [5, 5.41) is 2.94. The van der Waals surface area contributed by atoms with Gasteiger partial charge in [-0.25, -0.2) is 9.97 Å². The minimum absolute atomic E-state index is 0.202. The van der Waals surface area contributed by atoms with Gasteiger partial charge in [-0.05, 0) is 30.5 Å². The molecule has 2 aromatic heterocycles. The second-order valence-electron chi connectivity index (χ2n) is 6.53. The van der Waals surface area contributed by atoms with Gasteiger partial charge in [0.05, 0.1) is 0 Å². The molecule has 0 radical (unpaired) electrons. The van der Waals surface area contributed by atoms with Crippen LogP contribution in [0.3, 0.4) is 0 Å². The van der Waals surface area contributed by atoms with Crippen LogP contribution in [-0.4, -0.2) is 33.9 Å². The number of benzene rings is 1. The third-order valence-corrected chi connectivity index (χ3v) is 4.61. The Bertz CT molecular complexity index is 908. The number of pyridine rings is 1. The number of amides is 1. The molecule has 1 amide bonds. The van der Waals surface area contributed by atoms with Crippen LogP contribution in [0.15, 0.2) is 60.9 Å². The van der Waals surface area contributed by atoms with Crippen LogP contribution < -0.4 is 10.2 Å². The van der Waals surface area contributed by atoms with Gasteiger partial charge >= 0.3 is 0 Å². The minimum atomic E-state index is -0.202. The molecule has 0 bridgehead atoms. The summed E-state index contributed by atoms with van der Waals surface area (Å²) in [4.78, 5) is 28.2. The van der Waals surface area contributed by atoms with E-state index in [-0.39, 0.29) is 5.91 Å². The zero-order valence-electron chi connectivity index (χ0n) is 15.0. The molecule has 1 aromatic carbocycles. The molecule has 0 atom stereocenters. The lowest BCUT2D eigenvalue weighted by Gasteiger charge is -2.18. The van der Waals surface area contributed by atoms with Crippen molar-refractivity contribution in [2.45, 2.75) is 19.4 Å². The lowest BCUT2D eigenvalue weighted by atomic mass is 10.2. The van der Waals surface area contributed by atoms with E-state index >= 15 is 0 Å². The molecule has 3 aromatic rings. The average Bonchev–Trinajstić information content (AvgIpc) is 3.28. The van der Waals surface area contributed by atoms with Gasteiger partial charge in [0.25, 0.3) is 5.91 Å². The molecule has 3 heterocycles. The van der Waals surface area contributed by atoms with Gasteiger partial charge in [0.1, 0.15) is 11.5 Å². The van der Waals surface area contributed by atoms with Gasteiger partial charge in [0, 0.05) is 43.7 Å². The molecule has 1 fully saturated rings. The van der Waals surface area contributed by atoms with E-state index in [1.807, 2.05) is 42.5 Å². The average molecular weight is 359 g/mol. The number of hydrogen-bond acceptors (Lipinski definition) is 5. The third kappa shape index (κ3) is 4.11. The first-order valence-electron chi connectivity index (χ1n) is 9.16. The van der Waals surface area contributed by atoms with Crippen molar-refractivity contribution in [3.8, 4) is 11.4 Å². The molecule has 27 heavy (non-hydrogen) atoms. The van der Waals surface area contributed by atoms with E-state index in [2.05, 4.69) is 20.2 Å². The summed E-state index contributed by atoms with van der Waals surface area (Å²) in [6.45, 7) is 2.36. The lowest BCUT2D eigenvalue weighted by Crippen LogP contribution is -2.26. The maximum Gasteiger partial charge on any atom is 0.270 e. The van der Waals surface area contributed by atoms with Gasteiger partial charge in [-0.15, -0.1) is 0 Å². The Balaban J connectivity index is 1.62. The molecule has 4 rings (SSSR count). The summed E-state index contributed by atoms with van der Waals surface area (Å²) in [5.74, 6) is 1.19. The molecule has 0 aliphatic carbocycles. The first-order valence-corrected chi connectivity index (χ1v) is 9.16. The fourth-order valence-electron chi connectivity index (χ4n) is 3.15. The molecule has 6 heteroatoms. The molecule has 1 N–H and O–H groups in total. The SMILES string of the molecule is O=C(NCc1ccncc1)c1cc(N2CCCC2)nc(-c2ccccc2)n1. The Morgan fingerprint density at radius 2 is 1.74 bits per heavy atom. The van der Waals surface area contributed by atoms with Crippen LogP contribution in [0.2, 0.25) is 0 Å². The monoisotopic (exact) mass is 359 g/mol. The van der Waals surface area contributed by atoms with E-state index in [4.69, 9.17) is 4.98 Å². The van der Waals surface area contributed by atoms with Gasteiger partial charge in [0.2, 0.25) is 0 Å². The first kappa shape index (κ1) is 17.1. The van der Waals surface area contributed by atoms with Crippen molar-refractivity contribution in [1.29, 1.82) is 0 Å². The summed E-state index contributed by atoms with van der Waals surface area (Å²) < 4.78 is 0. The van der Waals surface area contributed by atoms with E-state index in [1.54, 1.807) is 18.5 Å². The highest BCUT2D eigenvalue weighted by Crippen LogP contribution is 2.23. The van der Waals surface area contributed by atoms with Crippen molar-refractivity contribution in [2.75, 3.05) is 18.0 Å². The summed E-state index contributed by atoms with van der Waals surface area (Å²) in [7, 11) is 0. The Hall–Kier alpha value is -3.28. The van der Waals surface area contributed by atoms with Crippen LogP contribution in [0.4, 0.5) is 5.82 Å². The zero-order chi connectivity index (χ0) is 18.5. The molecule has 136 valence electrons. The summed E-state index contributed by atoms with van der Waals surface area (Å²) >= 11 is 0. The van der Waals surface area contributed by atoms with Crippen LogP contribution in [0, 0.1) is 0 Å². The van der Waals surface area contributed by atoms with Crippen molar-refractivity contribution in [1.82, 2.24) is 20.3 Å². The van der Waals surface area contributed by atoms with Crippen molar-refractivity contribution in [3.05, 3.63) is 72.2 Å². The van der Waals surface area contributed by atoms with E-state index in [9.17, 15) is 4.79 Å². The highest BCUT2D eigenvalue weighted by atomic mass is 16.1. The second kappa shape index (κ2) is 7.95. The number of carbonyl (C=O) groups is 1.